The number of amides is 1. The molecule has 31 heavy (non-hydrogen) atoms. The second-order valence-corrected chi connectivity index (χ2v) is 8.70. The Morgan fingerprint density at radius 3 is 2.77 bits per heavy atom. The highest BCUT2D eigenvalue weighted by atomic mass is 16.5. The molecule has 0 spiro atoms. The third-order valence-corrected chi connectivity index (χ3v) is 6.64. The number of piperazine rings is 1. The fraction of sp³-hybridized carbons (Fsp3) is 0.440. The van der Waals surface area contributed by atoms with Gasteiger partial charge in [-0.15, -0.1) is 0 Å². The van der Waals surface area contributed by atoms with Gasteiger partial charge in [0.2, 0.25) is 5.91 Å². The predicted molar refractivity (Wildman–Crippen MR) is 122 cm³/mol. The summed E-state index contributed by atoms with van der Waals surface area (Å²) >= 11 is 0. The van der Waals surface area contributed by atoms with Crippen molar-refractivity contribution in [2.45, 2.75) is 25.2 Å². The normalized spacial score (nSPS) is 22.2. The molecule has 5 rings (SSSR count). The van der Waals surface area contributed by atoms with Crippen LogP contribution in [-0.2, 0) is 4.79 Å². The zero-order valence-electron chi connectivity index (χ0n) is 17.7. The molecule has 3 aliphatic rings. The van der Waals surface area contributed by atoms with E-state index in [4.69, 9.17) is 11.3 Å². The van der Waals surface area contributed by atoms with Gasteiger partial charge in [0.15, 0.2) is 5.69 Å². The van der Waals surface area contributed by atoms with Crippen LogP contribution in [-0.4, -0.2) is 50.1 Å². The quantitative estimate of drug-likeness (QED) is 0.541. The number of carbonyl (C=O) groups excluding carboxylic acids is 1. The lowest BCUT2D eigenvalue weighted by molar-refractivity contribution is -0.117. The molecular weight excluding hydrogens is 388 g/mol. The summed E-state index contributed by atoms with van der Waals surface area (Å²) in [5.74, 6) is 1.63. The van der Waals surface area contributed by atoms with Crippen molar-refractivity contribution >= 4 is 23.0 Å². The largest absolute Gasteiger partial charge is 0.494 e. The summed E-state index contributed by atoms with van der Waals surface area (Å²) in [6, 6.07) is 14.0. The Labute approximate surface area is 183 Å². The molecule has 2 unspecified atom stereocenters. The Balaban J connectivity index is 1.02. The Hall–Kier alpha value is -3.04. The zero-order valence-corrected chi connectivity index (χ0v) is 17.7. The number of hydrogen-bond donors (Lipinski definition) is 1. The van der Waals surface area contributed by atoms with Crippen LogP contribution in [0.4, 0.5) is 17.1 Å². The smallest absolute Gasteiger partial charge is 0.228 e. The molecule has 0 radical (unpaired) electrons. The van der Waals surface area contributed by atoms with Crippen LogP contribution in [0.1, 0.15) is 30.7 Å². The number of rotatable bonds is 7. The molecule has 1 aliphatic carbocycles. The standard InChI is InChI=1S/C25H28N4O2/c1-26-18-5-4-6-19(15-18)29-12-10-28(11-13-29)9-2-3-14-31-20-7-8-21-22-17-23(22)25(30)27-24(21)16-20/h4-8,15-16,22-23H,2-3,9-14,17H2,(H,27,30). The van der Waals surface area contributed by atoms with Crippen LogP contribution in [0.5, 0.6) is 5.75 Å². The third-order valence-electron chi connectivity index (χ3n) is 6.64. The number of fused-ring (bicyclic) bond motifs is 3. The molecule has 2 fully saturated rings. The number of nitrogens with zero attached hydrogens (tertiary/aromatic N) is 3. The third kappa shape index (κ3) is 4.38. The van der Waals surface area contributed by atoms with Crippen molar-refractivity contribution in [1.82, 2.24) is 4.90 Å². The number of anilines is 2. The summed E-state index contributed by atoms with van der Waals surface area (Å²) in [4.78, 5) is 20.3. The maximum absolute atomic E-state index is 11.9. The van der Waals surface area contributed by atoms with E-state index in [1.54, 1.807) is 0 Å². The van der Waals surface area contributed by atoms with E-state index in [0.717, 1.165) is 69.1 Å². The maximum atomic E-state index is 11.9. The molecule has 1 saturated carbocycles. The van der Waals surface area contributed by atoms with Crippen LogP contribution in [0.2, 0.25) is 0 Å². The first kappa shape index (κ1) is 19.9. The minimum Gasteiger partial charge on any atom is -0.494 e. The summed E-state index contributed by atoms with van der Waals surface area (Å²) in [5, 5.41) is 3.01. The average molecular weight is 417 g/mol. The molecule has 2 heterocycles. The first-order valence-corrected chi connectivity index (χ1v) is 11.2. The van der Waals surface area contributed by atoms with Gasteiger partial charge in [-0.1, -0.05) is 18.2 Å². The Morgan fingerprint density at radius 2 is 1.94 bits per heavy atom. The van der Waals surface area contributed by atoms with Gasteiger partial charge < -0.3 is 15.0 Å². The molecule has 0 bridgehead atoms. The van der Waals surface area contributed by atoms with Crippen LogP contribution in [0, 0.1) is 12.5 Å². The van der Waals surface area contributed by atoms with Gasteiger partial charge >= 0.3 is 0 Å². The number of benzene rings is 2. The van der Waals surface area contributed by atoms with Gasteiger partial charge in [-0.3, -0.25) is 9.69 Å². The summed E-state index contributed by atoms with van der Waals surface area (Å²) in [6.45, 7) is 13.1. The van der Waals surface area contributed by atoms with E-state index in [-0.39, 0.29) is 11.8 Å². The van der Waals surface area contributed by atoms with Gasteiger partial charge in [0.1, 0.15) is 5.75 Å². The second kappa shape index (κ2) is 8.60. The lowest BCUT2D eigenvalue weighted by Crippen LogP contribution is -2.46. The van der Waals surface area contributed by atoms with E-state index in [9.17, 15) is 4.79 Å². The summed E-state index contributed by atoms with van der Waals surface area (Å²) < 4.78 is 5.94. The Kier molecular flexibility index (Phi) is 5.52. The number of unbranched alkanes of at least 4 members (excludes halogenated alkanes) is 1. The average Bonchev–Trinajstić information content (AvgIpc) is 3.61. The molecule has 1 saturated heterocycles. The molecule has 1 amide bonds. The topological polar surface area (TPSA) is 49.2 Å². The lowest BCUT2D eigenvalue weighted by atomic mass is 10.0. The monoisotopic (exact) mass is 416 g/mol. The molecule has 0 aromatic heterocycles. The van der Waals surface area contributed by atoms with Crippen molar-refractivity contribution in [2.24, 2.45) is 5.92 Å². The molecule has 6 heteroatoms. The van der Waals surface area contributed by atoms with Gasteiger partial charge in [0, 0.05) is 49.5 Å². The minimum atomic E-state index is 0.161. The van der Waals surface area contributed by atoms with E-state index in [1.165, 1.54) is 5.56 Å². The minimum absolute atomic E-state index is 0.161. The number of ether oxygens (including phenoxy) is 1. The van der Waals surface area contributed by atoms with Crippen molar-refractivity contribution in [2.75, 3.05) is 49.5 Å². The SMILES string of the molecule is [C-]#[N+]c1cccc(N2CCN(CCCCOc3ccc4c(c3)NC(=O)C3CC43)CC2)c1. The van der Waals surface area contributed by atoms with Crippen LogP contribution in [0.15, 0.2) is 42.5 Å². The first-order valence-electron chi connectivity index (χ1n) is 11.2. The number of carbonyl (C=O) groups is 1. The van der Waals surface area contributed by atoms with Crippen LogP contribution in [0.25, 0.3) is 4.85 Å². The highest BCUT2D eigenvalue weighted by Crippen LogP contribution is 2.53. The van der Waals surface area contributed by atoms with Crippen LogP contribution < -0.4 is 15.0 Å². The van der Waals surface area contributed by atoms with Crippen molar-refractivity contribution in [1.29, 1.82) is 0 Å². The van der Waals surface area contributed by atoms with Gasteiger partial charge in [-0.05, 0) is 55.5 Å². The molecule has 6 nitrogen and oxygen atoms in total. The number of hydrogen-bond acceptors (Lipinski definition) is 4. The molecule has 160 valence electrons. The molecule has 2 atom stereocenters. The zero-order chi connectivity index (χ0) is 21.2. The summed E-state index contributed by atoms with van der Waals surface area (Å²) in [7, 11) is 0. The maximum Gasteiger partial charge on any atom is 0.228 e. The molecule has 2 aromatic rings. The molecule has 2 aromatic carbocycles. The second-order valence-electron chi connectivity index (χ2n) is 8.70. The molecule has 2 aliphatic heterocycles. The van der Waals surface area contributed by atoms with E-state index >= 15 is 0 Å². The van der Waals surface area contributed by atoms with Crippen LogP contribution >= 0.6 is 0 Å². The van der Waals surface area contributed by atoms with Crippen molar-refractivity contribution in [3.63, 3.8) is 0 Å². The Bertz CT molecular complexity index is 1010. The van der Waals surface area contributed by atoms with Crippen molar-refractivity contribution in [3.8, 4) is 5.75 Å². The first-order chi connectivity index (χ1) is 15.2. The van der Waals surface area contributed by atoms with E-state index in [2.05, 4.69) is 32.1 Å². The van der Waals surface area contributed by atoms with E-state index in [0.29, 0.717) is 18.2 Å². The fourth-order valence-corrected chi connectivity index (χ4v) is 4.73. The van der Waals surface area contributed by atoms with Gasteiger partial charge in [-0.25, -0.2) is 4.85 Å². The Morgan fingerprint density at radius 1 is 1.06 bits per heavy atom. The van der Waals surface area contributed by atoms with Gasteiger partial charge in [-0.2, -0.15) is 0 Å². The van der Waals surface area contributed by atoms with Crippen LogP contribution in [0.3, 0.4) is 0 Å². The highest BCUT2D eigenvalue weighted by Gasteiger charge is 2.48. The van der Waals surface area contributed by atoms with Crippen molar-refractivity contribution < 1.29 is 9.53 Å². The fourth-order valence-electron chi connectivity index (χ4n) is 4.73. The lowest BCUT2D eigenvalue weighted by Gasteiger charge is -2.36. The summed E-state index contributed by atoms with van der Waals surface area (Å²) in [6.07, 6.45) is 3.11. The number of nitrogens with one attached hydrogen (secondary N) is 1. The molecule has 1 N–H and O–H groups in total. The van der Waals surface area contributed by atoms with E-state index in [1.807, 2.05) is 30.3 Å². The highest BCUT2D eigenvalue weighted by molar-refractivity contribution is 5.99. The van der Waals surface area contributed by atoms with Crippen molar-refractivity contribution in [3.05, 3.63) is 59.4 Å². The van der Waals surface area contributed by atoms with Gasteiger partial charge in [0.05, 0.1) is 13.2 Å². The molecular formula is C25H28N4O2. The van der Waals surface area contributed by atoms with Gasteiger partial charge in [0.25, 0.3) is 0 Å². The summed E-state index contributed by atoms with van der Waals surface area (Å²) in [5.41, 5.74) is 4.05. The predicted octanol–water partition coefficient (Wildman–Crippen LogP) is 4.27. The van der Waals surface area contributed by atoms with E-state index < -0.39 is 0 Å².